The number of anilines is 1. The van der Waals surface area contributed by atoms with E-state index in [4.69, 9.17) is 5.73 Å². The molecule has 3 rings (SSSR count). The van der Waals surface area contributed by atoms with Gasteiger partial charge in [-0.25, -0.2) is 13.8 Å². The van der Waals surface area contributed by atoms with Crippen molar-refractivity contribution in [2.75, 3.05) is 11.9 Å². The number of carbonyl (C=O) groups is 3. The summed E-state index contributed by atoms with van der Waals surface area (Å²) in [5, 5.41) is 14.8. The summed E-state index contributed by atoms with van der Waals surface area (Å²) in [4.78, 5) is 39.4. The van der Waals surface area contributed by atoms with Gasteiger partial charge in [-0.15, -0.1) is 0 Å². The molecular weight excluding hydrogens is 376 g/mol. The van der Waals surface area contributed by atoms with E-state index in [2.05, 4.69) is 15.6 Å². The van der Waals surface area contributed by atoms with Crippen LogP contribution < -0.4 is 16.4 Å². The molecule has 0 saturated carbocycles. The Labute approximate surface area is 157 Å². The number of nitrogens with zero attached hydrogens (tertiary/aromatic N) is 2. The molecule has 2 aromatic rings. The van der Waals surface area contributed by atoms with Crippen molar-refractivity contribution in [1.82, 2.24) is 14.9 Å². The zero-order valence-corrected chi connectivity index (χ0v) is 14.5. The fourth-order valence-corrected chi connectivity index (χ4v) is 2.97. The number of benzene rings is 1. The normalized spacial score (nSPS) is 16.8. The number of hydrogen-bond acceptors (Lipinski definition) is 5. The highest BCUT2D eigenvalue weighted by Gasteiger charge is 2.31. The lowest BCUT2D eigenvalue weighted by Crippen LogP contribution is -2.38. The van der Waals surface area contributed by atoms with Crippen molar-refractivity contribution in [2.24, 2.45) is 11.7 Å². The number of aliphatic hydroxyl groups excluding tert-OH is 1. The van der Waals surface area contributed by atoms with Crippen LogP contribution in [0, 0.1) is 17.6 Å². The van der Waals surface area contributed by atoms with E-state index in [1.54, 1.807) is 0 Å². The molecule has 0 fully saturated rings. The Morgan fingerprint density at radius 1 is 1.39 bits per heavy atom. The summed E-state index contributed by atoms with van der Waals surface area (Å²) >= 11 is 0. The van der Waals surface area contributed by atoms with Crippen LogP contribution in [0.25, 0.3) is 0 Å². The van der Waals surface area contributed by atoms with Gasteiger partial charge in [-0.3, -0.25) is 14.4 Å². The number of carbonyl (C=O) groups excluding carboxylic acids is 3. The molecule has 28 heavy (non-hydrogen) atoms. The number of halogens is 2. The summed E-state index contributed by atoms with van der Waals surface area (Å²) in [5.74, 6) is -4.32. The van der Waals surface area contributed by atoms with E-state index in [9.17, 15) is 28.3 Å². The van der Waals surface area contributed by atoms with E-state index in [0.29, 0.717) is 0 Å². The van der Waals surface area contributed by atoms with Crippen molar-refractivity contribution in [3.63, 3.8) is 0 Å². The molecule has 9 nitrogen and oxygen atoms in total. The number of nitrogens with two attached hydrogens (primary N) is 1. The summed E-state index contributed by atoms with van der Waals surface area (Å²) in [6, 6.07) is 3.16. The van der Waals surface area contributed by atoms with Gasteiger partial charge < -0.3 is 26.0 Å². The van der Waals surface area contributed by atoms with Gasteiger partial charge in [0.05, 0.1) is 17.8 Å². The van der Waals surface area contributed by atoms with Gasteiger partial charge in [-0.05, 0) is 12.1 Å². The van der Waals surface area contributed by atoms with Crippen LogP contribution in [0.4, 0.5) is 14.6 Å². The van der Waals surface area contributed by atoms with Gasteiger partial charge in [0.1, 0.15) is 23.6 Å². The average Bonchev–Trinajstić information content (AvgIpc) is 3.03. The first-order chi connectivity index (χ1) is 13.3. The van der Waals surface area contributed by atoms with Crippen molar-refractivity contribution in [3.05, 3.63) is 47.4 Å². The smallest absolute Gasteiger partial charge is 0.271 e. The molecule has 0 saturated heterocycles. The Kier molecular flexibility index (Phi) is 5.36. The minimum atomic E-state index is -1.58. The average molecular weight is 393 g/mol. The van der Waals surface area contributed by atoms with Gasteiger partial charge in [0.15, 0.2) is 5.69 Å². The number of nitrogens with one attached hydrogen (secondary N) is 2. The number of fused-ring (bicyclic) bond motifs is 1. The summed E-state index contributed by atoms with van der Waals surface area (Å²) in [5.41, 5.74) is 4.55. The predicted molar refractivity (Wildman–Crippen MR) is 91.8 cm³/mol. The lowest BCUT2D eigenvalue weighted by molar-refractivity contribution is -0.128. The lowest BCUT2D eigenvalue weighted by Gasteiger charge is -2.24. The first kappa shape index (κ1) is 19.4. The van der Waals surface area contributed by atoms with E-state index in [1.807, 2.05) is 0 Å². The van der Waals surface area contributed by atoms with E-state index in [0.717, 1.165) is 18.2 Å². The minimum Gasteiger partial charge on any atom is -0.386 e. The monoisotopic (exact) mass is 393 g/mol. The zero-order valence-electron chi connectivity index (χ0n) is 14.5. The molecule has 0 aliphatic carbocycles. The van der Waals surface area contributed by atoms with Crippen LogP contribution in [-0.4, -0.2) is 38.9 Å². The summed E-state index contributed by atoms with van der Waals surface area (Å²) in [6.07, 6.45) is -0.490. The molecule has 0 spiro atoms. The molecule has 3 amide bonds. The summed E-state index contributed by atoms with van der Waals surface area (Å²) < 4.78 is 28.8. The molecule has 148 valence electrons. The largest absolute Gasteiger partial charge is 0.386 e. The van der Waals surface area contributed by atoms with Crippen molar-refractivity contribution in [2.45, 2.75) is 19.1 Å². The summed E-state index contributed by atoms with van der Waals surface area (Å²) in [6.45, 7) is -0.327. The molecular formula is C17H17F2N5O4. The van der Waals surface area contributed by atoms with Crippen molar-refractivity contribution < 1.29 is 28.3 Å². The first-order valence-electron chi connectivity index (χ1n) is 8.32. The second kappa shape index (κ2) is 7.72. The SMILES string of the molecule is NC(=O)c1ncn2c1NC(=O)C(CC(=O)NCC(O)c1c(F)cccc1F)C2. The van der Waals surface area contributed by atoms with E-state index >= 15 is 0 Å². The number of rotatable bonds is 6. The first-order valence-corrected chi connectivity index (χ1v) is 8.32. The number of primary amides is 1. The molecule has 0 bridgehead atoms. The molecule has 2 unspecified atom stereocenters. The Morgan fingerprint density at radius 2 is 2.07 bits per heavy atom. The molecule has 1 aromatic carbocycles. The maximum absolute atomic E-state index is 13.6. The molecule has 11 heteroatoms. The van der Waals surface area contributed by atoms with Gasteiger partial charge in [-0.2, -0.15) is 0 Å². The zero-order chi connectivity index (χ0) is 20.4. The number of imidazole rings is 1. The van der Waals surface area contributed by atoms with E-state index in [-0.39, 0.29) is 24.5 Å². The summed E-state index contributed by atoms with van der Waals surface area (Å²) in [7, 11) is 0. The van der Waals surface area contributed by atoms with E-state index < -0.39 is 53.5 Å². The topological polar surface area (TPSA) is 139 Å². The Morgan fingerprint density at radius 3 is 2.71 bits per heavy atom. The van der Waals surface area contributed by atoms with Gasteiger partial charge in [-0.1, -0.05) is 6.07 Å². The highest BCUT2D eigenvalue weighted by atomic mass is 19.1. The van der Waals surface area contributed by atoms with Crippen LogP contribution in [0.1, 0.15) is 28.6 Å². The van der Waals surface area contributed by atoms with Crippen LogP contribution in [0.5, 0.6) is 0 Å². The molecule has 1 aliphatic heterocycles. The molecule has 1 aromatic heterocycles. The van der Waals surface area contributed by atoms with Crippen LogP contribution in [0.15, 0.2) is 24.5 Å². The van der Waals surface area contributed by atoms with Crippen molar-refractivity contribution in [3.8, 4) is 0 Å². The Bertz CT molecular complexity index is 925. The third-order valence-electron chi connectivity index (χ3n) is 4.36. The standard InChI is InChI=1S/C17H17F2N5O4/c18-9-2-1-3-10(19)13(9)11(25)5-21-12(26)4-8-6-24-7-22-14(15(20)27)16(24)23-17(8)28/h1-3,7-8,11,25H,4-6H2,(H2,20,27)(H,21,26)(H,23,28). The van der Waals surface area contributed by atoms with Crippen molar-refractivity contribution in [1.29, 1.82) is 0 Å². The van der Waals surface area contributed by atoms with Crippen LogP contribution in [0.2, 0.25) is 0 Å². The lowest BCUT2D eigenvalue weighted by atomic mass is 10.0. The molecule has 0 radical (unpaired) electrons. The third kappa shape index (κ3) is 3.83. The number of amides is 3. The maximum atomic E-state index is 13.6. The van der Waals surface area contributed by atoms with Gasteiger partial charge in [0.2, 0.25) is 11.8 Å². The number of aliphatic hydroxyl groups is 1. The number of aromatic nitrogens is 2. The van der Waals surface area contributed by atoms with Crippen molar-refractivity contribution >= 4 is 23.5 Å². The quantitative estimate of drug-likeness (QED) is 0.550. The predicted octanol–water partition coefficient (Wildman–Crippen LogP) is 0.0684. The van der Waals surface area contributed by atoms with Gasteiger partial charge >= 0.3 is 0 Å². The molecule has 5 N–H and O–H groups in total. The fourth-order valence-electron chi connectivity index (χ4n) is 2.97. The van der Waals surface area contributed by atoms with Crippen LogP contribution in [-0.2, 0) is 16.1 Å². The van der Waals surface area contributed by atoms with Gasteiger partial charge in [0, 0.05) is 19.5 Å². The van der Waals surface area contributed by atoms with Crippen LogP contribution in [0.3, 0.4) is 0 Å². The van der Waals surface area contributed by atoms with E-state index in [1.165, 1.54) is 10.9 Å². The third-order valence-corrected chi connectivity index (χ3v) is 4.36. The number of hydrogen-bond donors (Lipinski definition) is 4. The second-order valence-corrected chi connectivity index (χ2v) is 6.30. The molecule has 2 heterocycles. The molecule has 1 aliphatic rings. The molecule has 2 atom stereocenters. The Balaban J connectivity index is 1.59. The second-order valence-electron chi connectivity index (χ2n) is 6.30. The van der Waals surface area contributed by atoms with Gasteiger partial charge in [0.25, 0.3) is 5.91 Å². The Hall–Kier alpha value is -3.34. The van der Waals surface area contributed by atoms with Crippen LogP contribution >= 0.6 is 0 Å². The maximum Gasteiger partial charge on any atom is 0.271 e. The highest BCUT2D eigenvalue weighted by Crippen LogP contribution is 2.24. The highest BCUT2D eigenvalue weighted by molar-refractivity contribution is 6.02. The fraction of sp³-hybridized carbons (Fsp3) is 0.294. The minimum absolute atomic E-state index is 0.0775.